The largest absolute Gasteiger partial charge is 0.497 e. The molecule has 0 unspecified atom stereocenters. The smallest absolute Gasteiger partial charge is 0.416 e. The fourth-order valence-corrected chi connectivity index (χ4v) is 1.88. The van der Waals surface area contributed by atoms with Crippen LogP contribution in [-0.2, 0) is 10.9 Å². The van der Waals surface area contributed by atoms with E-state index >= 15 is 0 Å². The highest BCUT2D eigenvalue weighted by molar-refractivity contribution is 5.68. The van der Waals surface area contributed by atoms with E-state index in [4.69, 9.17) is 4.74 Å². The van der Waals surface area contributed by atoms with Crippen LogP contribution in [0.1, 0.15) is 23.6 Å². The van der Waals surface area contributed by atoms with Crippen molar-refractivity contribution in [3.8, 4) is 5.75 Å². The van der Waals surface area contributed by atoms with Crippen molar-refractivity contribution in [2.45, 2.75) is 18.6 Å². The number of carbonyl (C=O) groups excluding carboxylic acids is 1. The average Bonchev–Trinajstić information content (AvgIpc) is 2.37. The Labute approximate surface area is 107 Å². The first-order valence-electron chi connectivity index (χ1n) is 5.59. The first-order chi connectivity index (χ1) is 8.90. The summed E-state index contributed by atoms with van der Waals surface area (Å²) in [6.45, 7) is 0.176. The van der Waals surface area contributed by atoms with E-state index in [1.165, 1.54) is 13.2 Å². The lowest BCUT2D eigenvalue weighted by Crippen LogP contribution is -2.35. The van der Waals surface area contributed by atoms with E-state index in [2.05, 4.69) is 10.1 Å². The van der Waals surface area contributed by atoms with Crippen LogP contribution in [0.5, 0.6) is 5.75 Å². The number of alkyl halides is 3. The molecule has 1 amide bonds. The number of ether oxygens (including phenoxy) is 2. The Kier molecular flexibility index (Phi) is 3.55. The molecular weight excluding hydrogens is 263 g/mol. The SMILES string of the molecule is COc1cc([C@@H]2CCOC(=O)N2)cc(C(F)(F)F)c1. The highest BCUT2D eigenvalue weighted by Crippen LogP contribution is 2.35. The quantitative estimate of drug-likeness (QED) is 0.902. The lowest BCUT2D eigenvalue weighted by atomic mass is 10.00. The third-order valence-electron chi connectivity index (χ3n) is 2.83. The molecule has 7 heteroatoms. The summed E-state index contributed by atoms with van der Waals surface area (Å²) in [5.41, 5.74) is -0.453. The molecule has 19 heavy (non-hydrogen) atoms. The van der Waals surface area contributed by atoms with E-state index in [-0.39, 0.29) is 12.4 Å². The van der Waals surface area contributed by atoms with Gasteiger partial charge < -0.3 is 14.8 Å². The fraction of sp³-hybridized carbons (Fsp3) is 0.417. The topological polar surface area (TPSA) is 47.6 Å². The summed E-state index contributed by atoms with van der Waals surface area (Å²) >= 11 is 0. The Morgan fingerprint density at radius 2 is 2.11 bits per heavy atom. The van der Waals surface area contributed by atoms with Gasteiger partial charge in [0, 0.05) is 6.42 Å². The minimum absolute atomic E-state index is 0.102. The van der Waals surface area contributed by atoms with Crippen molar-refractivity contribution in [1.29, 1.82) is 0 Å². The average molecular weight is 275 g/mol. The van der Waals surface area contributed by atoms with E-state index in [9.17, 15) is 18.0 Å². The molecule has 0 aliphatic carbocycles. The summed E-state index contributed by atoms with van der Waals surface area (Å²) in [4.78, 5) is 11.1. The van der Waals surface area contributed by atoms with Gasteiger partial charge in [0.05, 0.1) is 25.3 Å². The third kappa shape index (κ3) is 3.10. The molecule has 1 heterocycles. The number of hydrogen-bond donors (Lipinski definition) is 1. The third-order valence-corrected chi connectivity index (χ3v) is 2.83. The predicted octanol–water partition coefficient (Wildman–Crippen LogP) is 2.89. The number of halogens is 3. The second-order valence-corrected chi connectivity index (χ2v) is 4.11. The van der Waals surface area contributed by atoms with Gasteiger partial charge in [0.15, 0.2) is 0 Å². The molecule has 2 rings (SSSR count). The summed E-state index contributed by atoms with van der Waals surface area (Å²) in [6.07, 6.45) is -4.68. The summed E-state index contributed by atoms with van der Waals surface area (Å²) in [7, 11) is 1.29. The molecule has 0 radical (unpaired) electrons. The van der Waals surface area contributed by atoms with Crippen LogP contribution >= 0.6 is 0 Å². The van der Waals surface area contributed by atoms with Crippen LogP contribution in [0.25, 0.3) is 0 Å². The van der Waals surface area contributed by atoms with Crippen molar-refractivity contribution in [1.82, 2.24) is 5.32 Å². The van der Waals surface area contributed by atoms with E-state index in [1.807, 2.05) is 0 Å². The molecule has 0 bridgehead atoms. The molecule has 1 aromatic carbocycles. The first-order valence-corrected chi connectivity index (χ1v) is 5.59. The zero-order valence-electron chi connectivity index (χ0n) is 10.1. The Balaban J connectivity index is 2.36. The van der Waals surface area contributed by atoms with Gasteiger partial charge in [-0.25, -0.2) is 4.79 Å². The Hall–Kier alpha value is -1.92. The van der Waals surface area contributed by atoms with Gasteiger partial charge in [-0.2, -0.15) is 13.2 Å². The van der Waals surface area contributed by atoms with Crippen LogP contribution in [0.15, 0.2) is 18.2 Å². The Bertz CT molecular complexity index is 488. The number of rotatable bonds is 2. The van der Waals surface area contributed by atoms with Crippen molar-refractivity contribution in [3.63, 3.8) is 0 Å². The minimum atomic E-state index is -4.46. The van der Waals surface area contributed by atoms with E-state index < -0.39 is 23.9 Å². The van der Waals surface area contributed by atoms with Crippen LogP contribution in [0, 0.1) is 0 Å². The maximum absolute atomic E-state index is 12.8. The number of cyclic esters (lactones) is 1. The molecule has 0 spiro atoms. The van der Waals surface area contributed by atoms with Crippen molar-refractivity contribution in [3.05, 3.63) is 29.3 Å². The van der Waals surface area contributed by atoms with Crippen molar-refractivity contribution in [2.75, 3.05) is 13.7 Å². The van der Waals surface area contributed by atoms with Gasteiger partial charge in [0.25, 0.3) is 0 Å². The molecule has 1 aliphatic heterocycles. The number of carbonyl (C=O) groups is 1. The van der Waals surface area contributed by atoms with Crippen molar-refractivity contribution in [2.24, 2.45) is 0 Å². The molecule has 1 atom stereocenters. The minimum Gasteiger partial charge on any atom is -0.497 e. The maximum Gasteiger partial charge on any atom is 0.416 e. The molecule has 1 saturated heterocycles. The maximum atomic E-state index is 12.8. The molecule has 0 aromatic heterocycles. The van der Waals surface area contributed by atoms with Gasteiger partial charge in [0.1, 0.15) is 5.75 Å². The van der Waals surface area contributed by atoms with Gasteiger partial charge >= 0.3 is 12.3 Å². The van der Waals surface area contributed by atoms with Gasteiger partial charge in [-0.3, -0.25) is 0 Å². The summed E-state index contributed by atoms with van der Waals surface area (Å²) < 4.78 is 47.8. The number of nitrogens with one attached hydrogen (secondary N) is 1. The monoisotopic (exact) mass is 275 g/mol. The first kappa shape index (κ1) is 13.5. The molecule has 104 valence electrons. The van der Waals surface area contributed by atoms with Gasteiger partial charge in [-0.1, -0.05) is 0 Å². The van der Waals surface area contributed by atoms with Gasteiger partial charge in [0.2, 0.25) is 0 Å². The second kappa shape index (κ2) is 4.99. The molecule has 1 N–H and O–H groups in total. The van der Waals surface area contributed by atoms with Crippen LogP contribution < -0.4 is 10.1 Å². The summed E-state index contributed by atoms with van der Waals surface area (Å²) in [6, 6.07) is 2.91. The van der Waals surface area contributed by atoms with Crippen molar-refractivity contribution < 1.29 is 27.4 Å². The summed E-state index contributed by atoms with van der Waals surface area (Å²) in [5, 5.41) is 2.48. The second-order valence-electron chi connectivity index (χ2n) is 4.11. The summed E-state index contributed by atoms with van der Waals surface area (Å²) in [5.74, 6) is 0.102. The number of alkyl carbamates (subject to hydrolysis) is 1. The van der Waals surface area contributed by atoms with Gasteiger partial charge in [-0.05, 0) is 23.8 Å². The van der Waals surface area contributed by atoms with Crippen LogP contribution in [0.3, 0.4) is 0 Å². The lowest BCUT2D eigenvalue weighted by Gasteiger charge is -2.24. The Morgan fingerprint density at radius 3 is 2.68 bits per heavy atom. The molecule has 1 fully saturated rings. The van der Waals surface area contributed by atoms with Crippen LogP contribution in [0.4, 0.5) is 18.0 Å². The highest BCUT2D eigenvalue weighted by atomic mass is 19.4. The number of hydrogen-bond acceptors (Lipinski definition) is 3. The van der Waals surface area contributed by atoms with Crippen LogP contribution in [0.2, 0.25) is 0 Å². The normalized spacial score (nSPS) is 19.6. The van der Waals surface area contributed by atoms with E-state index in [0.717, 1.165) is 12.1 Å². The molecule has 4 nitrogen and oxygen atoms in total. The number of benzene rings is 1. The molecule has 1 aromatic rings. The number of amides is 1. The molecule has 0 saturated carbocycles. The number of methoxy groups -OCH3 is 1. The standard InChI is InChI=1S/C12H12F3NO3/c1-18-9-5-7(4-8(6-9)12(13,14)15)10-2-3-19-11(17)16-10/h4-6,10H,2-3H2,1H3,(H,16,17)/t10-/m0/s1. The highest BCUT2D eigenvalue weighted by Gasteiger charge is 2.32. The molecule has 1 aliphatic rings. The van der Waals surface area contributed by atoms with E-state index in [1.54, 1.807) is 0 Å². The lowest BCUT2D eigenvalue weighted by molar-refractivity contribution is -0.137. The van der Waals surface area contributed by atoms with E-state index in [0.29, 0.717) is 12.0 Å². The predicted molar refractivity (Wildman–Crippen MR) is 59.8 cm³/mol. The van der Waals surface area contributed by atoms with Crippen LogP contribution in [-0.4, -0.2) is 19.8 Å². The Morgan fingerprint density at radius 1 is 1.37 bits per heavy atom. The fourth-order valence-electron chi connectivity index (χ4n) is 1.88. The van der Waals surface area contributed by atoms with Crippen molar-refractivity contribution >= 4 is 6.09 Å². The van der Waals surface area contributed by atoms with Gasteiger partial charge in [-0.15, -0.1) is 0 Å². The molecular formula is C12H12F3NO3. The zero-order chi connectivity index (χ0) is 14.0. The zero-order valence-corrected chi connectivity index (χ0v) is 10.1.